The molecule has 3 rings (SSSR count). The van der Waals surface area contributed by atoms with E-state index in [9.17, 15) is 9.59 Å². The summed E-state index contributed by atoms with van der Waals surface area (Å²) >= 11 is 0. The third-order valence-electron chi connectivity index (χ3n) is 3.84. The van der Waals surface area contributed by atoms with Gasteiger partial charge < -0.3 is 4.90 Å². The minimum atomic E-state index is -0.0295. The van der Waals surface area contributed by atoms with E-state index >= 15 is 0 Å². The second-order valence-corrected chi connectivity index (χ2v) is 5.31. The van der Waals surface area contributed by atoms with Crippen LogP contribution >= 0.6 is 0 Å². The number of rotatable bonds is 3. The molecule has 0 aliphatic carbocycles. The summed E-state index contributed by atoms with van der Waals surface area (Å²) in [6, 6.07) is 16.2. The van der Waals surface area contributed by atoms with Crippen molar-refractivity contribution < 1.29 is 9.59 Å². The third-order valence-corrected chi connectivity index (χ3v) is 3.84. The van der Waals surface area contributed by atoms with E-state index in [-0.39, 0.29) is 17.6 Å². The van der Waals surface area contributed by atoms with Crippen LogP contribution in [-0.2, 0) is 4.79 Å². The lowest BCUT2D eigenvalue weighted by molar-refractivity contribution is -0.117. The summed E-state index contributed by atoms with van der Waals surface area (Å²) < 4.78 is 0. The van der Waals surface area contributed by atoms with Gasteiger partial charge in [-0.1, -0.05) is 30.3 Å². The van der Waals surface area contributed by atoms with Gasteiger partial charge in [0, 0.05) is 35.7 Å². The van der Waals surface area contributed by atoms with Crippen LogP contribution in [0.2, 0.25) is 0 Å². The highest BCUT2D eigenvalue weighted by molar-refractivity contribution is 6.09. The summed E-state index contributed by atoms with van der Waals surface area (Å²) in [6.45, 7) is 0.543. The van der Waals surface area contributed by atoms with E-state index in [1.54, 1.807) is 41.3 Å². The van der Waals surface area contributed by atoms with Crippen molar-refractivity contribution in [3.05, 3.63) is 65.7 Å². The predicted octanol–water partition coefficient (Wildman–Crippen LogP) is 2.90. The quantitative estimate of drug-likeness (QED) is 0.643. The number of anilines is 1. The number of nitrogens with zero attached hydrogens (tertiary/aromatic N) is 1. The van der Waals surface area contributed by atoms with Crippen molar-refractivity contribution in [1.29, 1.82) is 0 Å². The summed E-state index contributed by atoms with van der Waals surface area (Å²) in [4.78, 5) is 26.0. The van der Waals surface area contributed by atoms with Gasteiger partial charge in [-0.15, -0.1) is 12.3 Å². The van der Waals surface area contributed by atoms with Crippen LogP contribution in [0.25, 0.3) is 0 Å². The van der Waals surface area contributed by atoms with Gasteiger partial charge in [0.1, 0.15) is 0 Å². The van der Waals surface area contributed by atoms with E-state index in [2.05, 4.69) is 5.92 Å². The van der Waals surface area contributed by atoms with E-state index in [1.165, 1.54) is 0 Å². The maximum atomic E-state index is 12.3. The lowest BCUT2D eigenvalue weighted by Crippen LogP contribution is -2.24. The maximum Gasteiger partial charge on any atom is 0.228 e. The van der Waals surface area contributed by atoms with Gasteiger partial charge in [-0.05, 0) is 24.3 Å². The summed E-state index contributed by atoms with van der Waals surface area (Å²) in [5.41, 5.74) is 2.04. The van der Waals surface area contributed by atoms with E-state index in [0.717, 1.165) is 5.69 Å². The molecular weight excluding hydrogens is 274 g/mol. The van der Waals surface area contributed by atoms with Crippen LogP contribution in [0.1, 0.15) is 22.3 Å². The molecule has 2 aromatic carbocycles. The molecule has 3 nitrogen and oxygen atoms in total. The third kappa shape index (κ3) is 2.64. The number of terminal acetylenes is 1. The van der Waals surface area contributed by atoms with Crippen LogP contribution in [0, 0.1) is 18.3 Å². The summed E-state index contributed by atoms with van der Waals surface area (Å²) in [6.07, 6.45) is 5.78. The molecule has 0 bridgehead atoms. The van der Waals surface area contributed by atoms with Crippen molar-refractivity contribution >= 4 is 17.4 Å². The van der Waals surface area contributed by atoms with E-state index in [4.69, 9.17) is 6.42 Å². The first-order valence-corrected chi connectivity index (χ1v) is 7.15. The zero-order valence-corrected chi connectivity index (χ0v) is 12.0. The molecule has 1 atom stereocenters. The Morgan fingerprint density at radius 3 is 2.27 bits per heavy atom. The molecule has 2 aromatic rings. The van der Waals surface area contributed by atoms with Crippen LogP contribution < -0.4 is 4.90 Å². The fourth-order valence-corrected chi connectivity index (χ4v) is 2.62. The SMILES string of the molecule is C#CC1CC(=O)N(c2ccc(C(=O)c3ccccc3)cc2)C1. The first-order valence-electron chi connectivity index (χ1n) is 7.15. The predicted molar refractivity (Wildman–Crippen MR) is 85.6 cm³/mol. The summed E-state index contributed by atoms with van der Waals surface area (Å²) in [5, 5.41) is 0. The lowest BCUT2D eigenvalue weighted by atomic mass is 10.0. The molecule has 1 aliphatic rings. The fraction of sp³-hybridized carbons (Fsp3) is 0.158. The first kappa shape index (κ1) is 14.1. The van der Waals surface area contributed by atoms with Gasteiger partial charge in [0.15, 0.2) is 5.78 Å². The average molecular weight is 289 g/mol. The number of amides is 1. The van der Waals surface area contributed by atoms with Crippen LogP contribution in [0.5, 0.6) is 0 Å². The van der Waals surface area contributed by atoms with Crippen molar-refractivity contribution in [3.63, 3.8) is 0 Å². The van der Waals surface area contributed by atoms with E-state index < -0.39 is 0 Å². The molecule has 108 valence electrons. The van der Waals surface area contributed by atoms with Crippen LogP contribution in [0.4, 0.5) is 5.69 Å². The summed E-state index contributed by atoms with van der Waals surface area (Å²) in [5.74, 6) is 2.61. The van der Waals surface area contributed by atoms with Crippen molar-refractivity contribution in [1.82, 2.24) is 0 Å². The van der Waals surface area contributed by atoms with Crippen molar-refractivity contribution in [3.8, 4) is 12.3 Å². The molecule has 1 aliphatic heterocycles. The van der Waals surface area contributed by atoms with Crippen LogP contribution in [0.15, 0.2) is 54.6 Å². The molecule has 3 heteroatoms. The minimum absolute atomic E-state index is 0.0265. The van der Waals surface area contributed by atoms with Crippen molar-refractivity contribution in [2.45, 2.75) is 6.42 Å². The molecule has 0 aromatic heterocycles. The number of hydrogen-bond acceptors (Lipinski definition) is 2. The molecular formula is C19H15NO2. The van der Waals surface area contributed by atoms with Crippen LogP contribution in [0.3, 0.4) is 0 Å². The molecule has 1 unspecified atom stereocenters. The lowest BCUT2D eigenvalue weighted by Gasteiger charge is -2.16. The minimum Gasteiger partial charge on any atom is -0.311 e. The van der Waals surface area contributed by atoms with Crippen LogP contribution in [-0.4, -0.2) is 18.2 Å². The van der Waals surface area contributed by atoms with Gasteiger partial charge in [-0.25, -0.2) is 0 Å². The molecule has 1 amide bonds. The standard InChI is InChI=1S/C19H15NO2/c1-2-14-12-18(21)20(13-14)17-10-8-16(9-11-17)19(22)15-6-4-3-5-7-15/h1,3-11,14H,12-13H2. The fourth-order valence-electron chi connectivity index (χ4n) is 2.62. The zero-order chi connectivity index (χ0) is 15.5. The Hall–Kier alpha value is -2.86. The second-order valence-electron chi connectivity index (χ2n) is 5.31. The average Bonchev–Trinajstić information content (AvgIpc) is 2.96. The topological polar surface area (TPSA) is 37.4 Å². The molecule has 0 saturated carbocycles. The molecule has 0 spiro atoms. The second kappa shape index (κ2) is 5.87. The number of carbonyl (C=O) groups excluding carboxylic acids is 2. The molecule has 0 N–H and O–H groups in total. The monoisotopic (exact) mass is 289 g/mol. The Bertz CT molecular complexity index is 741. The molecule has 1 heterocycles. The van der Waals surface area contributed by atoms with Gasteiger partial charge in [-0.2, -0.15) is 0 Å². The largest absolute Gasteiger partial charge is 0.311 e. The number of carbonyl (C=O) groups is 2. The molecule has 1 saturated heterocycles. The van der Waals surface area contributed by atoms with Gasteiger partial charge in [0.05, 0.1) is 0 Å². The van der Waals surface area contributed by atoms with E-state index in [1.807, 2.05) is 18.2 Å². The number of benzene rings is 2. The number of ketones is 1. The van der Waals surface area contributed by atoms with Gasteiger partial charge in [-0.3, -0.25) is 9.59 Å². The van der Waals surface area contributed by atoms with E-state index in [0.29, 0.717) is 24.1 Å². The number of hydrogen-bond donors (Lipinski definition) is 0. The van der Waals surface area contributed by atoms with Gasteiger partial charge in [0.25, 0.3) is 0 Å². The van der Waals surface area contributed by atoms with Crippen molar-refractivity contribution in [2.75, 3.05) is 11.4 Å². The Morgan fingerprint density at radius 1 is 1.05 bits per heavy atom. The highest BCUT2D eigenvalue weighted by atomic mass is 16.2. The Balaban J connectivity index is 1.81. The van der Waals surface area contributed by atoms with Gasteiger partial charge in [0.2, 0.25) is 5.91 Å². The molecule has 0 radical (unpaired) electrons. The maximum absolute atomic E-state index is 12.3. The molecule has 1 fully saturated rings. The van der Waals surface area contributed by atoms with Crippen molar-refractivity contribution in [2.24, 2.45) is 5.92 Å². The molecule has 22 heavy (non-hydrogen) atoms. The Kier molecular flexibility index (Phi) is 3.76. The normalized spacial score (nSPS) is 17.3. The van der Waals surface area contributed by atoms with Gasteiger partial charge >= 0.3 is 0 Å². The Morgan fingerprint density at radius 2 is 1.68 bits per heavy atom. The first-order chi connectivity index (χ1) is 10.7. The highest BCUT2D eigenvalue weighted by Crippen LogP contribution is 2.25. The zero-order valence-electron chi connectivity index (χ0n) is 12.0. The smallest absolute Gasteiger partial charge is 0.228 e. The highest BCUT2D eigenvalue weighted by Gasteiger charge is 2.29. The summed E-state index contributed by atoms with van der Waals surface area (Å²) in [7, 11) is 0. The Labute approximate surface area is 129 Å².